The summed E-state index contributed by atoms with van der Waals surface area (Å²) in [5.41, 5.74) is 0. The highest BCUT2D eigenvalue weighted by atomic mass is 32.2. The van der Waals surface area contributed by atoms with E-state index in [0.29, 0.717) is 5.82 Å². The molecule has 0 radical (unpaired) electrons. The van der Waals surface area contributed by atoms with E-state index in [0.717, 1.165) is 6.26 Å². The van der Waals surface area contributed by atoms with Crippen molar-refractivity contribution in [1.82, 2.24) is 14.7 Å². The van der Waals surface area contributed by atoms with Crippen molar-refractivity contribution in [3.63, 3.8) is 0 Å². The molecule has 1 unspecified atom stereocenters. The number of hydrogen-bond acceptors (Lipinski definition) is 3. The fraction of sp³-hybridized carbons (Fsp3) is 0.500. The molecule has 0 aromatic carbocycles. The number of hydrogen-bond donors (Lipinski definition) is 2. The van der Waals surface area contributed by atoms with Crippen LogP contribution in [0.2, 0.25) is 0 Å². The predicted molar refractivity (Wildman–Crippen MR) is 45.0 cm³/mol. The lowest BCUT2D eigenvalue weighted by Gasteiger charge is -2.08. The molecule has 0 bridgehead atoms. The zero-order chi connectivity index (χ0) is 9.19. The standard InChI is InChI=1S/C6H11N3O2S/c1-5(9-12(2,10)11)6-7-3-4-8-6/h3-5,9H,1-2H3,(H,7,8). The molecule has 0 aliphatic rings. The maximum atomic E-state index is 10.8. The van der Waals surface area contributed by atoms with Gasteiger partial charge in [-0.3, -0.25) is 0 Å². The summed E-state index contributed by atoms with van der Waals surface area (Å²) in [6, 6.07) is -0.310. The Morgan fingerprint density at radius 1 is 1.67 bits per heavy atom. The number of rotatable bonds is 3. The summed E-state index contributed by atoms with van der Waals surface area (Å²) in [7, 11) is -3.16. The molecule has 0 spiro atoms. The van der Waals surface area contributed by atoms with E-state index < -0.39 is 10.0 Å². The van der Waals surface area contributed by atoms with E-state index in [1.165, 1.54) is 0 Å². The largest absolute Gasteiger partial charge is 0.347 e. The third-order valence-electron chi connectivity index (χ3n) is 1.32. The molecular weight excluding hydrogens is 178 g/mol. The normalized spacial score (nSPS) is 14.5. The van der Waals surface area contributed by atoms with E-state index >= 15 is 0 Å². The van der Waals surface area contributed by atoms with Gasteiger partial charge in [0.05, 0.1) is 12.3 Å². The highest BCUT2D eigenvalue weighted by Gasteiger charge is 2.11. The third-order valence-corrected chi connectivity index (χ3v) is 2.10. The smallest absolute Gasteiger partial charge is 0.209 e. The Hall–Kier alpha value is -0.880. The molecule has 68 valence electrons. The van der Waals surface area contributed by atoms with Gasteiger partial charge >= 0.3 is 0 Å². The molecule has 1 rings (SSSR count). The van der Waals surface area contributed by atoms with Crippen LogP contribution in [-0.2, 0) is 10.0 Å². The van der Waals surface area contributed by atoms with E-state index in [1.807, 2.05) is 0 Å². The van der Waals surface area contributed by atoms with Crippen molar-refractivity contribution in [1.29, 1.82) is 0 Å². The highest BCUT2D eigenvalue weighted by Crippen LogP contribution is 2.05. The molecule has 1 atom stereocenters. The van der Waals surface area contributed by atoms with Gasteiger partial charge in [-0.25, -0.2) is 18.1 Å². The molecule has 0 saturated carbocycles. The van der Waals surface area contributed by atoms with Gasteiger partial charge in [-0.1, -0.05) is 0 Å². The van der Waals surface area contributed by atoms with Gasteiger partial charge in [0.1, 0.15) is 5.82 Å². The van der Waals surface area contributed by atoms with Crippen molar-refractivity contribution < 1.29 is 8.42 Å². The summed E-state index contributed by atoms with van der Waals surface area (Å²) in [6.07, 6.45) is 4.35. The van der Waals surface area contributed by atoms with Gasteiger partial charge < -0.3 is 4.98 Å². The predicted octanol–water partition coefficient (Wildman–Crippen LogP) is 0.0199. The first kappa shape index (κ1) is 9.21. The van der Waals surface area contributed by atoms with Gasteiger partial charge in [0, 0.05) is 12.4 Å². The van der Waals surface area contributed by atoms with Gasteiger partial charge in [0.2, 0.25) is 10.0 Å². The van der Waals surface area contributed by atoms with E-state index in [9.17, 15) is 8.42 Å². The van der Waals surface area contributed by atoms with Crippen LogP contribution in [0.25, 0.3) is 0 Å². The van der Waals surface area contributed by atoms with Crippen molar-refractivity contribution >= 4 is 10.0 Å². The van der Waals surface area contributed by atoms with Crippen LogP contribution in [0, 0.1) is 0 Å². The van der Waals surface area contributed by atoms with Crippen LogP contribution in [-0.4, -0.2) is 24.6 Å². The van der Waals surface area contributed by atoms with Crippen molar-refractivity contribution in [2.24, 2.45) is 0 Å². The lowest BCUT2D eigenvalue weighted by molar-refractivity contribution is 0.567. The number of nitrogens with zero attached hydrogens (tertiary/aromatic N) is 1. The first-order chi connectivity index (χ1) is 5.49. The minimum atomic E-state index is -3.16. The zero-order valence-corrected chi connectivity index (χ0v) is 7.72. The van der Waals surface area contributed by atoms with Gasteiger partial charge in [-0.2, -0.15) is 0 Å². The van der Waals surface area contributed by atoms with E-state index in [4.69, 9.17) is 0 Å². The first-order valence-electron chi connectivity index (χ1n) is 3.45. The Morgan fingerprint density at radius 2 is 2.33 bits per heavy atom. The van der Waals surface area contributed by atoms with Crippen molar-refractivity contribution in [2.75, 3.05) is 6.26 Å². The molecule has 0 aliphatic carbocycles. The number of aromatic amines is 1. The minimum absolute atomic E-state index is 0.310. The van der Waals surface area contributed by atoms with Crippen molar-refractivity contribution in [3.8, 4) is 0 Å². The zero-order valence-electron chi connectivity index (χ0n) is 6.90. The second kappa shape index (κ2) is 3.24. The van der Waals surface area contributed by atoms with Crippen molar-refractivity contribution in [2.45, 2.75) is 13.0 Å². The Labute approximate surface area is 71.3 Å². The minimum Gasteiger partial charge on any atom is -0.347 e. The summed E-state index contributed by atoms with van der Waals surface area (Å²) in [5.74, 6) is 0.612. The number of nitrogens with one attached hydrogen (secondary N) is 2. The maximum Gasteiger partial charge on any atom is 0.209 e. The van der Waals surface area contributed by atoms with E-state index in [1.54, 1.807) is 19.3 Å². The molecule has 2 N–H and O–H groups in total. The van der Waals surface area contributed by atoms with E-state index in [-0.39, 0.29) is 6.04 Å². The second-order valence-electron chi connectivity index (χ2n) is 2.59. The van der Waals surface area contributed by atoms with Gasteiger partial charge in [-0.15, -0.1) is 0 Å². The third kappa shape index (κ3) is 2.63. The highest BCUT2D eigenvalue weighted by molar-refractivity contribution is 7.88. The fourth-order valence-electron chi connectivity index (χ4n) is 0.891. The molecular formula is C6H11N3O2S. The van der Waals surface area contributed by atoms with Crippen LogP contribution in [0.4, 0.5) is 0 Å². The molecule has 12 heavy (non-hydrogen) atoms. The molecule has 0 saturated heterocycles. The molecule has 0 fully saturated rings. The van der Waals surface area contributed by atoms with Gasteiger partial charge in [0.25, 0.3) is 0 Å². The van der Waals surface area contributed by atoms with Crippen LogP contribution < -0.4 is 4.72 Å². The Bertz CT molecular complexity index is 330. The van der Waals surface area contributed by atoms with Gasteiger partial charge in [-0.05, 0) is 6.92 Å². The average molecular weight is 189 g/mol. The topological polar surface area (TPSA) is 74.8 Å². The summed E-state index contributed by atoms with van der Waals surface area (Å²) >= 11 is 0. The lowest BCUT2D eigenvalue weighted by Crippen LogP contribution is -2.26. The Kier molecular flexibility index (Phi) is 2.49. The molecule has 1 heterocycles. The molecule has 5 nitrogen and oxygen atoms in total. The number of sulfonamides is 1. The van der Waals surface area contributed by atoms with Crippen molar-refractivity contribution in [3.05, 3.63) is 18.2 Å². The van der Waals surface area contributed by atoms with Crippen LogP contribution in [0.5, 0.6) is 0 Å². The number of H-pyrrole nitrogens is 1. The quantitative estimate of drug-likeness (QED) is 0.704. The fourth-order valence-corrected chi connectivity index (χ4v) is 1.65. The SMILES string of the molecule is CC(NS(C)(=O)=O)c1ncc[nH]1. The van der Waals surface area contributed by atoms with Crippen LogP contribution in [0.15, 0.2) is 12.4 Å². The Morgan fingerprint density at radius 3 is 2.75 bits per heavy atom. The average Bonchev–Trinajstić information content (AvgIpc) is 2.32. The summed E-state index contributed by atoms with van der Waals surface area (Å²) < 4.78 is 24.0. The monoisotopic (exact) mass is 189 g/mol. The summed E-state index contributed by atoms with van der Waals surface area (Å²) in [6.45, 7) is 1.72. The molecule has 0 amide bonds. The van der Waals surface area contributed by atoms with Crippen LogP contribution >= 0.6 is 0 Å². The van der Waals surface area contributed by atoms with Gasteiger partial charge in [0.15, 0.2) is 0 Å². The number of imidazole rings is 1. The maximum absolute atomic E-state index is 10.8. The number of aromatic nitrogens is 2. The summed E-state index contributed by atoms with van der Waals surface area (Å²) in [4.78, 5) is 6.74. The second-order valence-corrected chi connectivity index (χ2v) is 4.37. The molecule has 1 aromatic heterocycles. The van der Waals surface area contributed by atoms with Crippen LogP contribution in [0.1, 0.15) is 18.8 Å². The molecule has 6 heteroatoms. The Balaban J connectivity index is 2.68. The molecule has 1 aromatic rings. The molecule has 0 aliphatic heterocycles. The first-order valence-corrected chi connectivity index (χ1v) is 5.35. The van der Waals surface area contributed by atoms with E-state index in [2.05, 4.69) is 14.7 Å². The lowest BCUT2D eigenvalue weighted by atomic mass is 10.3. The van der Waals surface area contributed by atoms with Crippen LogP contribution in [0.3, 0.4) is 0 Å². The summed E-state index contributed by atoms with van der Waals surface area (Å²) in [5, 5.41) is 0.